The maximum atomic E-state index is 10.4. The molecule has 2 rings (SSSR count). The molecule has 0 bridgehead atoms. The van der Waals surface area contributed by atoms with E-state index in [1.807, 2.05) is 0 Å². The summed E-state index contributed by atoms with van der Waals surface area (Å²) in [4.78, 5) is 10.4. The van der Waals surface area contributed by atoms with Crippen molar-refractivity contribution in [3.8, 4) is 0 Å². The van der Waals surface area contributed by atoms with Gasteiger partial charge in [0.1, 0.15) is 0 Å². The average Bonchev–Trinajstić information content (AvgIpc) is 2.87. The Bertz CT molecular complexity index is 359. The molecule has 0 amide bonds. The maximum Gasteiger partial charge on any atom is 0.305 e. The van der Waals surface area contributed by atoms with Gasteiger partial charge in [0.25, 0.3) is 0 Å². The fraction of sp³-hybridized carbons (Fsp3) is 0.778. The lowest BCUT2D eigenvalue weighted by atomic mass is 10.2. The average molecular weight is 226 g/mol. The predicted octanol–water partition coefficient (Wildman–Crippen LogP) is -0.131. The minimum Gasteiger partial charge on any atom is -0.481 e. The lowest BCUT2D eigenvalue weighted by Gasteiger charge is -2.08. The number of nitrogens with zero attached hydrogens (tertiary/aromatic N) is 4. The van der Waals surface area contributed by atoms with E-state index in [9.17, 15) is 4.79 Å². The summed E-state index contributed by atoms with van der Waals surface area (Å²) in [5.41, 5.74) is 0. The smallest absolute Gasteiger partial charge is 0.305 e. The van der Waals surface area contributed by atoms with Crippen molar-refractivity contribution < 1.29 is 14.6 Å². The summed E-state index contributed by atoms with van der Waals surface area (Å²) in [5, 5.41) is 19.8. The molecule has 0 radical (unpaired) electrons. The molecule has 1 unspecified atom stereocenters. The number of hydrogen-bond acceptors (Lipinski definition) is 5. The van der Waals surface area contributed by atoms with Gasteiger partial charge in [0, 0.05) is 13.0 Å². The zero-order valence-corrected chi connectivity index (χ0v) is 8.87. The number of carbonyl (C=O) groups is 1. The van der Waals surface area contributed by atoms with Crippen LogP contribution in [-0.4, -0.2) is 44.0 Å². The van der Waals surface area contributed by atoms with Crippen molar-refractivity contribution in [2.24, 2.45) is 0 Å². The van der Waals surface area contributed by atoms with E-state index in [0.717, 1.165) is 19.4 Å². The molecule has 1 N–H and O–H groups in total. The van der Waals surface area contributed by atoms with E-state index in [0.29, 0.717) is 18.8 Å². The van der Waals surface area contributed by atoms with Crippen LogP contribution < -0.4 is 0 Å². The minimum atomic E-state index is -0.849. The Hall–Kier alpha value is -1.50. The topological polar surface area (TPSA) is 90.1 Å². The summed E-state index contributed by atoms with van der Waals surface area (Å²) in [6.07, 6.45) is 2.96. The first-order valence-corrected chi connectivity index (χ1v) is 5.34. The van der Waals surface area contributed by atoms with E-state index in [-0.39, 0.29) is 12.5 Å². The molecule has 1 aliphatic rings. The van der Waals surface area contributed by atoms with E-state index in [1.165, 1.54) is 4.68 Å². The van der Waals surface area contributed by atoms with Gasteiger partial charge in [-0.3, -0.25) is 4.79 Å². The summed E-state index contributed by atoms with van der Waals surface area (Å²) >= 11 is 0. The van der Waals surface area contributed by atoms with Crippen molar-refractivity contribution in [3.05, 3.63) is 5.82 Å². The second kappa shape index (κ2) is 5.02. The highest BCUT2D eigenvalue weighted by atomic mass is 16.5. The first-order valence-electron chi connectivity index (χ1n) is 5.34. The summed E-state index contributed by atoms with van der Waals surface area (Å²) in [5.74, 6) is -0.147. The monoisotopic (exact) mass is 226 g/mol. The third-order valence-electron chi connectivity index (χ3n) is 2.58. The molecule has 1 atom stereocenters. The van der Waals surface area contributed by atoms with Crippen LogP contribution in [0.3, 0.4) is 0 Å². The number of aromatic nitrogens is 4. The predicted molar refractivity (Wildman–Crippen MR) is 52.7 cm³/mol. The summed E-state index contributed by atoms with van der Waals surface area (Å²) in [6.45, 7) is 1.10. The molecule has 1 aromatic rings. The lowest BCUT2D eigenvalue weighted by Crippen LogP contribution is -2.16. The fourth-order valence-corrected chi connectivity index (χ4v) is 1.75. The van der Waals surface area contributed by atoms with Crippen molar-refractivity contribution >= 4 is 5.97 Å². The molecule has 0 spiro atoms. The van der Waals surface area contributed by atoms with Gasteiger partial charge in [-0.1, -0.05) is 0 Å². The number of carboxylic acid groups (broad SMARTS) is 1. The van der Waals surface area contributed by atoms with E-state index in [4.69, 9.17) is 9.84 Å². The molecule has 0 aromatic carbocycles. The summed E-state index contributed by atoms with van der Waals surface area (Å²) < 4.78 is 7.02. The third kappa shape index (κ3) is 2.75. The Morgan fingerprint density at radius 3 is 3.19 bits per heavy atom. The van der Waals surface area contributed by atoms with E-state index >= 15 is 0 Å². The Kier molecular flexibility index (Phi) is 3.45. The Balaban J connectivity index is 1.92. The van der Waals surface area contributed by atoms with Crippen LogP contribution in [0.2, 0.25) is 0 Å². The number of tetrazole rings is 1. The Morgan fingerprint density at radius 1 is 1.62 bits per heavy atom. The van der Waals surface area contributed by atoms with Gasteiger partial charge >= 0.3 is 5.97 Å². The van der Waals surface area contributed by atoms with Crippen LogP contribution in [0.15, 0.2) is 0 Å². The molecule has 0 saturated carbocycles. The highest BCUT2D eigenvalue weighted by molar-refractivity contribution is 5.66. The van der Waals surface area contributed by atoms with E-state index in [1.54, 1.807) is 0 Å². The molecule has 1 aromatic heterocycles. The highest BCUT2D eigenvalue weighted by Crippen LogP contribution is 2.15. The fourth-order valence-electron chi connectivity index (χ4n) is 1.75. The largest absolute Gasteiger partial charge is 0.481 e. The summed E-state index contributed by atoms with van der Waals surface area (Å²) in [7, 11) is 0. The van der Waals surface area contributed by atoms with Gasteiger partial charge in [0.05, 0.1) is 19.1 Å². The van der Waals surface area contributed by atoms with E-state index < -0.39 is 5.97 Å². The number of aliphatic carboxylic acids is 1. The second-order valence-electron chi connectivity index (χ2n) is 3.80. The summed E-state index contributed by atoms with van der Waals surface area (Å²) in [6, 6.07) is 0. The SMILES string of the molecule is O=C(O)CCn1nnnc1CC1CCCO1. The molecule has 1 saturated heterocycles. The quantitative estimate of drug-likeness (QED) is 0.752. The van der Waals surface area contributed by atoms with Crippen LogP contribution >= 0.6 is 0 Å². The Morgan fingerprint density at radius 2 is 2.50 bits per heavy atom. The van der Waals surface area contributed by atoms with Gasteiger partial charge in [0.15, 0.2) is 5.82 Å². The van der Waals surface area contributed by atoms with Crippen molar-refractivity contribution in [1.29, 1.82) is 0 Å². The van der Waals surface area contributed by atoms with Gasteiger partial charge < -0.3 is 9.84 Å². The number of aryl methyl sites for hydroxylation is 1. The first kappa shape index (κ1) is 11.0. The maximum absolute atomic E-state index is 10.4. The molecular weight excluding hydrogens is 212 g/mol. The van der Waals surface area contributed by atoms with Gasteiger partial charge in [-0.25, -0.2) is 4.68 Å². The molecule has 2 heterocycles. The standard InChI is InChI=1S/C9H14N4O3/c14-9(15)3-4-13-8(10-11-12-13)6-7-2-1-5-16-7/h7H,1-6H2,(H,14,15). The lowest BCUT2D eigenvalue weighted by molar-refractivity contribution is -0.137. The number of rotatable bonds is 5. The minimum absolute atomic E-state index is 0.0313. The second-order valence-corrected chi connectivity index (χ2v) is 3.80. The molecule has 16 heavy (non-hydrogen) atoms. The van der Waals surface area contributed by atoms with Crippen molar-refractivity contribution in [2.45, 2.75) is 38.3 Å². The van der Waals surface area contributed by atoms with Crippen molar-refractivity contribution in [1.82, 2.24) is 20.2 Å². The van der Waals surface area contributed by atoms with Crippen LogP contribution in [0.5, 0.6) is 0 Å². The van der Waals surface area contributed by atoms with Gasteiger partial charge in [0.2, 0.25) is 0 Å². The Labute approximate surface area is 92.4 Å². The van der Waals surface area contributed by atoms with Gasteiger partial charge in [-0.2, -0.15) is 0 Å². The molecule has 7 nitrogen and oxygen atoms in total. The molecule has 88 valence electrons. The van der Waals surface area contributed by atoms with Crippen LogP contribution in [0.25, 0.3) is 0 Å². The molecule has 7 heteroatoms. The molecule has 1 aliphatic heterocycles. The zero-order chi connectivity index (χ0) is 11.4. The zero-order valence-electron chi connectivity index (χ0n) is 8.87. The molecule has 1 fully saturated rings. The molecular formula is C9H14N4O3. The number of ether oxygens (including phenoxy) is 1. The van der Waals surface area contributed by atoms with Crippen LogP contribution in [0.4, 0.5) is 0 Å². The van der Waals surface area contributed by atoms with Gasteiger partial charge in [-0.15, -0.1) is 5.10 Å². The van der Waals surface area contributed by atoms with Crippen LogP contribution in [0, 0.1) is 0 Å². The third-order valence-corrected chi connectivity index (χ3v) is 2.58. The normalized spacial score (nSPS) is 20.1. The van der Waals surface area contributed by atoms with Crippen molar-refractivity contribution in [3.63, 3.8) is 0 Å². The highest BCUT2D eigenvalue weighted by Gasteiger charge is 2.19. The van der Waals surface area contributed by atoms with Gasteiger partial charge in [-0.05, 0) is 23.3 Å². The van der Waals surface area contributed by atoms with E-state index in [2.05, 4.69) is 15.5 Å². The van der Waals surface area contributed by atoms with Crippen molar-refractivity contribution in [2.75, 3.05) is 6.61 Å². The number of hydrogen-bond donors (Lipinski definition) is 1. The first-order chi connectivity index (χ1) is 7.75. The molecule has 0 aliphatic carbocycles. The van der Waals surface area contributed by atoms with Crippen LogP contribution in [-0.2, 0) is 22.5 Å². The number of carboxylic acids is 1. The van der Waals surface area contributed by atoms with Crippen LogP contribution in [0.1, 0.15) is 25.1 Å².